The Balaban J connectivity index is 1.81. The maximum atomic E-state index is 13.7. The average Bonchev–Trinajstić information content (AvgIpc) is 3.12. The van der Waals surface area contributed by atoms with E-state index < -0.39 is 18.5 Å². The Kier molecular flexibility index (Phi) is 7.12. The molecule has 0 aliphatic carbocycles. The SMILES string of the molecule is CCOC(=O)Cc1ccc(N2Cc3c(c(OC(C)C)c4ccccc4c3OC(F)F)C2=O)c(Cl)c1. The van der Waals surface area contributed by atoms with E-state index in [1.807, 2.05) is 13.8 Å². The van der Waals surface area contributed by atoms with E-state index in [2.05, 4.69) is 0 Å². The van der Waals surface area contributed by atoms with Crippen molar-refractivity contribution >= 4 is 39.9 Å². The normalized spacial score (nSPS) is 13.0. The molecule has 0 saturated carbocycles. The number of fused-ring (bicyclic) bond motifs is 2. The summed E-state index contributed by atoms with van der Waals surface area (Å²) in [6.45, 7) is 2.52. The number of anilines is 1. The third-order valence-corrected chi connectivity index (χ3v) is 5.81. The minimum absolute atomic E-state index is 0.0339. The van der Waals surface area contributed by atoms with Crippen LogP contribution in [-0.2, 0) is 22.5 Å². The molecule has 3 aromatic rings. The second kappa shape index (κ2) is 10.1. The van der Waals surface area contributed by atoms with E-state index in [0.29, 0.717) is 33.3 Å². The van der Waals surface area contributed by atoms with E-state index in [0.717, 1.165) is 0 Å². The number of hydrogen-bond acceptors (Lipinski definition) is 5. The molecule has 0 bridgehead atoms. The molecule has 184 valence electrons. The van der Waals surface area contributed by atoms with Gasteiger partial charge >= 0.3 is 12.6 Å². The summed E-state index contributed by atoms with van der Waals surface area (Å²) in [6, 6.07) is 11.7. The van der Waals surface area contributed by atoms with Gasteiger partial charge in [0.1, 0.15) is 11.5 Å². The molecule has 9 heteroatoms. The molecule has 0 N–H and O–H groups in total. The highest BCUT2D eigenvalue weighted by Crippen LogP contribution is 2.47. The predicted octanol–water partition coefficient (Wildman–Crippen LogP) is 6.15. The standard InChI is InChI=1S/C26H24ClF2NO5/c1-4-33-21(31)12-15-9-10-20(19(27)11-15)30-13-18-22(25(30)32)24(34-14(2)3)17-8-6-5-7-16(17)23(18)35-26(28)29/h5-11,14,26H,4,12-13H2,1-3H3. The molecule has 0 unspecified atom stereocenters. The topological polar surface area (TPSA) is 65.1 Å². The first-order chi connectivity index (χ1) is 16.7. The molecule has 0 aromatic heterocycles. The molecular weight excluding hydrogens is 480 g/mol. The van der Waals surface area contributed by atoms with E-state index in [9.17, 15) is 18.4 Å². The van der Waals surface area contributed by atoms with Gasteiger partial charge in [-0.2, -0.15) is 8.78 Å². The minimum Gasteiger partial charge on any atom is -0.490 e. The summed E-state index contributed by atoms with van der Waals surface area (Å²) < 4.78 is 42.7. The Morgan fingerprint density at radius 3 is 2.37 bits per heavy atom. The molecule has 0 atom stereocenters. The molecule has 1 aliphatic heterocycles. The molecular formula is C26H24ClF2NO5. The van der Waals surface area contributed by atoms with Crippen LogP contribution in [-0.4, -0.2) is 31.2 Å². The Labute approximate surface area is 206 Å². The summed E-state index contributed by atoms with van der Waals surface area (Å²) >= 11 is 6.50. The van der Waals surface area contributed by atoms with Gasteiger partial charge in [0.05, 0.1) is 41.9 Å². The Morgan fingerprint density at radius 2 is 1.77 bits per heavy atom. The largest absolute Gasteiger partial charge is 0.490 e. The molecule has 6 nitrogen and oxygen atoms in total. The van der Waals surface area contributed by atoms with Crippen molar-refractivity contribution < 1.29 is 32.6 Å². The monoisotopic (exact) mass is 503 g/mol. The second-order valence-corrected chi connectivity index (χ2v) is 8.67. The van der Waals surface area contributed by atoms with Crippen molar-refractivity contribution in [1.29, 1.82) is 0 Å². The zero-order valence-corrected chi connectivity index (χ0v) is 20.2. The third-order valence-electron chi connectivity index (χ3n) is 5.51. The fraction of sp³-hybridized carbons (Fsp3) is 0.308. The van der Waals surface area contributed by atoms with Crippen LogP contribution in [0, 0.1) is 0 Å². The molecule has 4 rings (SSSR count). The van der Waals surface area contributed by atoms with Crippen LogP contribution in [0.5, 0.6) is 11.5 Å². The molecule has 0 fully saturated rings. The van der Waals surface area contributed by atoms with E-state index in [1.54, 1.807) is 49.4 Å². The summed E-state index contributed by atoms with van der Waals surface area (Å²) in [6.07, 6.45) is -0.233. The fourth-order valence-corrected chi connectivity index (χ4v) is 4.51. The van der Waals surface area contributed by atoms with Gasteiger partial charge in [-0.25, -0.2) is 0 Å². The van der Waals surface area contributed by atoms with Crippen molar-refractivity contribution in [3.63, 3.8) is 0 Å². The number of carbonyl (C=O) groups is 2. The summed E-state index contributed by atoms with van der Waals surface area (Å²) in [5.74, 6) is -0.583. The zero-order valence-electron chi connectivity index (χ0n) is 19.4. The number of nitrogens with zero attached hydrogens (tertiary/aromatic N) is 1. The number of esters is 1. The lowest BCUT2D eigenvalue weighted by Crippen LogP contribution is -2.24. The minimum atomic E-state index is -3.07. The molecule has 3 aromatic carbocycles. The third kappa shape index (κ3) is 4.89. The quantitative estimate of drug-likeness (QED) is 0.345. The van der Waals surface area contributed by atoms with Gasteiger partial charge < -0.3 is 19.1 Å². The first-order valence-electron chi connectivity index (χ1n) is 11.2. The van der Waals surface area contributed by atoms with Crippen LogP contribution < -0.4 is 14.4 Å². The smallest absolute Gasteiger partial charge is 0.387 e. The van der Waals surface area contributed by atoms with Crippen molar-refractivity contribution in [2.45, 2.75) is 46.5 Å². The summed E-state index contributed by atoms with van der Waals surface area (Å²) in [4.78, 5) is 26.9. The highest BCUT2D eigenvalue weighted by molar-refractivity contribution is 6.34. The van der Waals surface area contributed by atoms with Crippen molar-refractivity contribution in [1.82, 2.24) is 0 Å². The first kappa shape index (κ1) is 24.7. The van der Waals surface area contributed by atoms with Crippen molar-refractivity contribution in [3.05, 3.63) is 64.2 Å². The lowest BCUT2D eigenvalue weighted by atomic mass is 9.99. The highest BCUT2D eigenvalue weighted by Gasteiger charge is 2.38. The van der Waals surface area contributed by atoms with Crippen LogP contribution in [0.4, 0.5) is 14.5 Å². The molecule has 0 radical (unpaired) electrons. The van der Waals surface area contributed by atoms with Gasteiger partial charge in [-0.15, -0.1) is 0 Å². The first-order valence-corrected chi connectivity index (χ1v) is 11.5. The second-order valence-electron chi connectivity index (χ2n) is 8.26. The lowest BCUT2D eigenvalue weighted by molar-refractivity contribution is -0.142. The highest BCUT2D eigenvalue weighted by atomic mass is 35.5. The van der Waals surface area contributed by atoms with Crippen molar-refractivity contribution in [2.75, 3.05) is 11.5 Å². The maximum absolute atomic E-state index is 13.7. The fourth-order valence-electron chi connectivity index (χ4n) is 4.20. The van der Waals surface area contributed by atoms with E-state index in [4.69, 9.17) is 25.8 Å². The van der Waals surface area contributed by atoms with Crippen LogP contribution in [0.25, 0.3) is 10.8 Å². The maximum Gasteiger partial charge on any atom is 0.387 e. The molecule has 0 saturated heterocycles. The number of halogens is 3. The van der Waals surface area contributed by atoms with Crippen LogP contribution in [0.2, 0.25) is 5.02 Å². The van der Waals surface area contributed by atoms with Gasteiger partial charge in [0.2, 0.25) is 0 Å². The van der Waals surface area contributed by atoms with Crippen LogP contribution in [0.3, 0.4) is 0 Å². The van der Waals surface area contributed by atoms with Gasteiger partial charge in [0, 0.05) is 16.3 Å². The summed E-state index contributed by atoms with van der Waals surface area (Å²) in [7, 11) is 0. The lowest BCUT2D eigenvalue weighted by Gasteiger charge is -2.19. The summed E-state index contributed by atoms with van der Waals surface area (Å²) in [5, 5.41) is 1.16. The van der Waals surface area contributed by atoms with Gasteiger partial charge in [-0.3, -0.25) is 9.59 Å². The molecule has 1 aliphatic rings. The van der Waals surface area contributed by atoms with Crippen LogP contribution in [0.1, 0.15) is 42.3 Å². The number of alkyl halides is 2. The average molecular weight is 504 g/mol. The zero-order chi connectivity index (χ0) is 25.3. The number of amides is 1. The van der Waals surface area contributed by atoms with Gasteiger partial charge in [0.25, 0.3) is 5.91 Å². The molecule has 0 spiro atoms. The number of hydrogen-bond donors (Lipinski definition) is 0. The summed E-state index contributed by atoms with van der Waals surface area (Å²) in [5.41, 5.74) is 1.47. The molecule has 1 heterocycles. The Hall–Kier alpha value is -3.39. The molecule has 1 amide bonds. The predicted molar refractivity (Wildman–Crippen MR) is 129 cm³/mol. The van der Waals surface area contributed by atoms with Crippen molar-refractivity contribution in [2.24, 2.45) is 0 Å². The number of carbonyl (C=O) groups excluding carboxylic acids is 2. The van der Waals surface area contributed by atoms with Crippen molar-refractivity contribution in [3.8, 4) is 11.5 Å². The number of benzene rings is 3. The Bertz CT molecular complexity index is 1290. The van der Waals surface area contributed by atoms with Crippen LogP contribution in [0.15, 0.2) is 42.5 Å². The number of ether oxygens (including phenoxy) is 3. The van der Waals surface area contributed by atoms with Gasteiger partial charge in [-0.05, 0) is 38.5 Å². The van der Waals surface area contributed by atoms with E-state index in [-0.39, 0.29) is 42.0 Å². The van der Waals surface area contributed by atoms with Gasteiger partial charge in [-0.1, -0.05) is 41.9 Å². The van der Waals surface area contributed by atoms with Crippen LogP contribution >= 0.6 is 11.6 Å². The van der Waals surface area contributed by atoms with Gasteiger partial charge in [0.15, 0.2) is 0 Å². The van der Waals surface area contributed by atoms with E-state index >= 15 is 0 Å². The van der Waals surface area contributed by atoms with E-state index in [1.165, 1.54) is 4.90 Å². The molecule has 35 heavy (non-hydrogen) atoms. The Morgan fingerprint density at radius 1 is 1.09 bits per heavy atom. The number of rotatable bonds is 8.